The van der Waals surface area contributed by atoms with Crippen molar-refractivity contribution in [3.63, 3.8) is 0 Å². The highest BCUT2D eigenvalue weighted by Gasteiger charge is 2.29. The molecule has 3 amide bonds. The fourth-order valence-electron chi connectivity index (χ4n) is 5.24. The van der Waals surface area contributed by atoms with E-state index in [4.69, 9.17) is 15.2 Å². The number of primary amides is 1. The molecule has 1 heterocycles. The van der Waals surface area contributed by atoms with Crippen LogP contribution in [-0.4, -0.2) is 37.0 Å². The minimum atomic E-state index is -0.746. The molecular weight excluding hydrogens is 501 g/mol. The Hall–Kier alpha value is -3.12. The Balaban J connectivity index is 1.54. The second-order valence-corrected chi connectivity index (χ2v) is 11.0. The first kappa shape index (κ1) is 27.9. The summed E-state index contributed by atoms with van der Waals surface area (Å²) in [6, 6.07) is 10.0. The molecule has 2 aromatic rings. The summed E-state index contributed by atoms with van der Waals surface area (Å²) in [6.45, 7) is 2.41. The zero-order chi connectivity index (χ0) is 27.1. The van der Waals surface area contributed by atoms with Crippen LogP contribution in [0.3, 0.4) is 0 Å². The summed E-state index contributed by atoms with van der Waals surface area (Å²) in [5.41, 5.74) is 7.64. The van der Waals surface area contributed by atoms with Crippen LogP contribution < -0.4 is 31.1 Å². The van der Waals surface area contributed by atoms with Crippen molar-refractivity contribution in [2.75, 3.05) is 13.2 Å². The van der Waals surface area contributed by atoms with Gasteiger partial charge in [-0.15, -0.1) is 9.24 Å². The Morgan fingerprint density at radius 2 is 1.82 bits per heavy atom. The maximum Gasteiger partial charge on any atom is 0.252 e. The third-order valence-corrected chi connectivity index (χ3v) is 7.66. The smallest absolute Gasteiger partial charge is 0.252 e. The van der Waals surface area contributed by atoms with Gasteiger partial charge in [-0.2, -0.15) is 0 Å². The normalized spacial score (nSPS) is 18.3. The molecule has 9 heteroatoms. The van der Waals surface area contributed by atoms with E-state index in [1.165, 1.54) is 26.2 Å². The van der Waals surface area contributed by atoms with Crippen molar-refractivity contribution >= 4 is 32.3 Å². The lowest BCUT2D eigenvalue weighted by Gasteiger charge is -2.25. The molecule has 0 saturated heterocycles. The number of carbonyl (C=O) groups excluding carboxylic acids is 3. The largest absolute Gasteiger partial charge is 0.493 e. The topological polar surface area (TPSA) is 120 Å². The molecule has 3 atom stereocenters. The average molecular weight is 540 g/mol. The first-order chi connectivity index (χ1) is 18.3. The zero-order valence-corrected chi connectivity index (χ0v) is 23.1. The number of hydrogen-bond acceptors (Lipinski definition) is 5. The van der Waals surface area contributed by atoms with Crippen LogP contribution in [0.2, 0.25) is 0 Å². The summed E-state index contributed by atoms with van der Waals surface area (Å²) >= 11 is 0. The minimum Gasteiger partial charge on any atom is -0.493 e. The van der Waals surface area contributed by atoms with Gasteiger partial charge in [0.25, 0.3) is 5.91 Å². The van der Waals surface area contributed by atoms with Crippen LogP contribution in [0.5, 0.6) is 11.5 Å². The number of ether oxygens (including phenoxy) is 2. The van der Waals surface area contributed by atoms with E-state index >= 15 is 0 Å². The maximum atomic E-state index is 13.4. The number of rotatable bonds is 9. The lowest BCUT2D eigenvalue weighted by molar-refractivity contribution is -0.128. The van der Waals surface area contributed by atoms with Gasteiger partial charge in [-0.1, -0.05) is 43.5 Å². The fraction of sp³-hybridized carbons (Fsp3) is 0.483. The summed E-state index contributed by atoms with van der Waals surface area (Å²) in [6.07, 6.45) is 7.60. The Morgan fingerprint density at radius 1 is 1.08 bits per heavy atom. The van der Waals surface area contributed by atoms with Crippen molar-refractivity contribution < 1.29 is 23.9 Å². The third-order valence-electron chi connectivity index (χ3n) is 7.28. The highest BCUT2D eigenvalue weighted by atomic mass is 31.0. The number of amides is 3. The highest BCUT2D eigenvalue weighted by Crippen LogP contribution is 2.37. The van der Waals surface area contributed by atoms with Gasteiger partial charge in [-0.25, -0.2) is 0 Å². The second-order valence-electron chi connectivity index (χ2n) is 10.3. The lowest BCUT2D eigenvalue weighted by atomic mass is 9.90. The van der Waals surface area contributed by atoms with Gasteiger partial charge in [0.15, 0.2) is 0 Å². The van der Waals surface area contributed by atoms with Crippen LogP contribution in [0.4, 0.5) is 0 Å². The molecule has 204 valence electrons. The van der Waals surface area contributed by atoms with Crippen molar-refractivity contribution in [1.29, 1.82) is 0 Å². The van der Waals surface area contributed by atoms with Gasteiger partial charge in [0, 0.05) is 25.0 Å². The van der Waals surface area contributed by atoms with Crippen LogP contribution >= 0.6 is 9.24 Å². The summed E-state index contributed by atoms with van der Waals surface area (Å²) in [5, 5.41) is 6.91. The van der Waals surface area contributed by atoms with Gasteiger partial charge in [-0.3, -0.25) is 14.4 Å². The van der Waals surface area contributed by atoms with Gasteiger partial charge in [0.2, 0.25) is 11.8 Å². The number of hydrogen-bond donors (Lipinski definition) is 3. The quantitative estimate of drug-likeness (QED) is 0.423. The maximum absolute atomic E-state index is 13.4. The predicted octanol–water partition coefficient (Wildman–Crippen LogP) is 3.32. The van der Waals surface area contributed by atoms with Crippen molar-refractivity contribution in [2.24, 2.45) is 11.7 Å². The first-order valence-corrected chi connectivity index (χ1v) is 14.0. The molecular formula is C29H38N3O5P. The summed E-state index contributed by atoms with van der Waals surface area (Å²) in [4.78, 5) is 37.7. The third kappa shape index (κ3) is 7.47. The van der Waals surface area contributed by atoms with Crippen LogP contribution in [0.15, 0.2) is 36.4 Å². The second kappa shape index (κ2) is 13.1. The van der Waals surface area contributed by atoms with Gasteiger partial charge < -0.3 is 25.8 Å². The molecule has 4 N–H and O–H groups in total. The molecule has 2 aliphatic rings. The number of nitrogens with one attached hydrogen (secondary N) is 2. The number of fused-ring (bicyclic) bond motifs is 1. The number of benzene rings is 2. The van der Waals surface area contributed by atoms with E-state index in [9.17, 15) is 14.4 Å². The Labute approximate surface area is 226 Å². The molecule has 0 bridgehead atoms. The highest BCUT2D eigenvalue weighted by molar-refractivity contribution is 7.27. The Kier molecular flexibility index (Phi) is 9.62. The molecule has 1 unspecified atom stereocenters. The predicted molar refractivity (Wildman–Crippen MR) is 150 cm³/mol. The van der Waals surface area contributed by atoms with E-state index in [-0.39, 0.29) is 17.4 Å². The number of carbonyl (C=O) groups is 3. The summed E-state index contributed by atoms with van der Waals surface area (Å²) in [5.74, 6) is 0.286. The van der Waals surface area contributed by atoms with Crippen molar-refractivity contribution in [3.8, 4) is 11.5 Å². The van der Waals surface area contributed by atoms with Gasteiger partial charge in [0.05, 0.1) is 24.8 Å². The van der Waals surface area contributed by atoms with Crippen LogP contribution in [-0.2, 0) is 16.0 Å². The molecule has 1 fully saturated rings. The minimum absolute atomic E-state index is 0.278. The molecule has 1 aliphatic heterocycles. The zero-order valence-electron chi connectivity index (χ0n) is 22.0. The molecule has 4 rings (SSSR count). The number of nitrogens with two attached hydrogens (primary N) is 1. The SMILES string of the molecule is CC(=O)N[C@@H](Cc1ccc(P)cc1)C(=O)N[C@H]1CCCOc2cc(OCC3CCCCC3)c(C(N)=O)cc21. The van der Waals surface area contributed by atoms with E-state index in [1.807, 2.05) is 24.3 Å². The molecule has 0 radical (unpaired) electrons. The molecule has 0 spiro atoms. The van der Waals surface area contributed by atoms with E-state index in [2.05, 4.69) is 19.9 Å². The van der Waals surface area contributed by atoms with Crippen molar-refractivity contribution in [1.82, 2.24) is 10.6 Å². The van der Waals surface area contributed by atoms with Gasteiger partial charge in [-0.05, 0) is 48.5 Å². The van der Waals surface area contributed by atoms with Crippen LogP contribution in [0.25, 0.3) is 0 Å². The Morgan fingerprint density at radius 3 is 2.50 bits per heavy atom. The van der Waals surface area contributed by atoms with Gasteiger partial charge >= 0.3 is 0 Å². The molecule has 1 aliphatic carbocycles. The average Bonchev–Trinajstić information content (AvgIpc) is 3.09. The van der Waals surface area contributed by atoms with E-state index in [0.29, 0.717) is 55.5 Å². The van der Waals surface area contributed by atoms with Crippen LogP contribution in [0, 0.1) is 5.92 Å². The van der Waals surface area contributed by atoms with E-state index in [1.54, 1.807) is 12.1 Å². The van der Waals surface area contributed by atoms with Crippen LogP contribution in [0.1, 0.15) is 79.4 Å². The van der Waals surface area contributed by atoms with Gasteiger partial charge in [0.1, 0.15) is 17.5 Å². The Bertz CT molecular complexity index is 1150. The molecule has 8 nitrogen and oxygen atoms in total. The van der Waals surface area contributed by atoms with E-state index < -0.39 is 18.0 Å². The fourth-order valence-corrected chi connectivity index (χ4v) is 5.43. The molecule has 0 aromatic heterocycles. The summed E-state index contributed by atoms with van der Waals surface area (Å²) < 4.78 is 12.1. The monoisotopic (exact) mass is 539 g/mol. The summed E-state index contributed by atoms with van der Waals surface area (Å²) in [7, 11) is 2.63. The van der Waals surface area contributed by atoms with Crippen molar-refractivity contribution in [2.45, 2.75) is 70.4 Å². The molecule has 2 aromatic carbocycles. The first-order valence-electron chi connectivity index (χ1n) is 13.5. The standard InChI is InChI=1S/C29H38N3O5P/c1-18(33)31-25(14-19-9-11-21(38)12-10-19)29(35)32-24-8-5-13-36-26-16-27(23(28(30)34)15-22(24)26)37-17-20-6-3-2-4-7-20/h9-12,15-16,20,24-25H,2-8,13-14,17,38H2,1H3,(H2,30,34)(H,31,33)(H,32,35)/t24-,25-/m0/s1. The molecule has 38 heavy (non-hydrogen) atoms. The molecule has 1 saturated carbocycles. The van der Waals surface area contributed by atoms with Crippen molar-refractivity contribution in [3.05, 3.63) is 53.1 Å². The van der Waals surface area contributed by atoms with E-state index in [0.717, 1.165) is 23.7 Å². The lowest BCUT2D eigenvalue weighted by Crippen LogP contribution is -2.48.